The highest BCUT2D eigenvalue weighted by atomic mass is 35.5. The molecule has 2 aliphatic heterocycles. The summed E-state index contributed by atoms with van der Waals surface area (Å²) in [6.45, 7) is 4.87. The maximum Gasteiger partial charge on any atom is 0.254 e. The predicted octanol–water partition coefficient (Wildman–Crippen LogP) is 0.488. The minimum Gasteiger partial charge on any atom is -0.376 e. The van der Waals surface area contributed by atoms with Crippen molar-refractivity contribution in [2.75, 3.05) is 32.9 Å². The molecule has 0 saturated carbocycles. The van der Waals surface area contributed by atoms with Gasteiger partial charge in [-0.25, -0.2) is 0 Å². The second-order valence-corrected chi connectivity index (χ2v) is 4.73. The molecule has 0 aliphatic carbocycles. The minimum absolute atomic E-state index is 0.0182. The van der Waals surface area contributed by atoms with Crippen molar-refractivity contribution in [3.63, 3.8) is 0 Å². The van der Waals surface area contributed by atoms with Crippen molar-refractivity contribution in [3.05, 3.63) is 0 Å². The molecule has 0 spiro atoms. The van der Waals surface area contributed by atoms with E-state index in [-0.39, 0.29) is 11.3 Å². The van der Waals surface area contributed by atoms with Crippen LogP contribution >= 0.6 is 11.6 Å². The van der Waals surface area contributed by atoms with Crippen molar-refractivity contribution >= 4 is 17.5 Å². The van der Waals surface area contributed by atoms with E-state index in [1.807, 2.05) is 0 Å². The van der Waals surface area contributed by atoms with Gasteiger partial charge in [0.15, 0.2) is 6.10 Å². The Morgan fingerprint density at radius 3 is 2.73 bits per heavy atom. The maximum absolute atomic E-state index is 12.0. The molecule has 0 aromatic rings. The van der Waals surface area contributed by atoms with E-state index >= 15 is 0 Å². The van der Waals surface area contributed by atoms with Gasteiger partial charge < -0.3 is 14.4 Å². The summed E-state index contributed by atoms with van der Waals surface area (Å²) in [6, 6.07) is 0. The van der Waals surface area contributed by atoms with E-state index in [9.17, 15) is 4.79 Å². The van der Waals surface area contributed by atoms with Crippen LogP contribution in [0.25, 0.3) is 0 Å². The molecule has 2 heterocycles. The summed E-state index contributed by atoms with van der Waals surface area (Å²) in [7, 11) is 0. The van der Waals surface area contributed by atoms with E-state index in [1.54, 1.807) is 4.90 Å². The molecule has 15 heavy (non-hydrogen) atoms. The molecule has 5 heteroatoms. The third-order valence-electron chi connectivity index (χ3n) is 2.92. The summed E-state index contributed by atoms with van der Waals surface area (Å²) >= 11 is 6.07. The number of carbonyl (C=O) groups is 1. The fraction of sp³-hybridized carbons (Fsp3) is 0.900. The SMILES string of the molecule is CC1CN(C(=O)C2COCCO2)CC1Cl. The fourth-order valence-electron chi connectivity index (χ4n) is 1.94. The quantitative estimate of drug-likeness (QED) is 0.619. The number of hydrogen-bond acceptors (Lipinski definition) is 3. The van der Waals surface area contributed by atoms with Crippen LogP contribution in [0.3, 0.4) is 0 Å². The second-order valence-electron chi connectivity index (χ2n) is 4.17. The Balaban J connectivity index is 1.90. The van der Waals surface area contributed by atoms with Crippen LogP contribution in [0.5, 0.6) is 0 Å². The molecule has 2 fully saturated rings. The van der Waals surface area contributed by atoms with Gasteiger partial charge in [-0.1, -0.05) is 6.92 Å². The molecule has 2 aliphatic rings. The summed E-state index contributed by atoms with van der Waals surface area (Å²) in [5, 5.41) is 0.0680. The zero-order chi connectivity index (χ0) is 10.8. The summed E-state index contributed by atoms with van der Waals surface area (Å²) in [4.78, 5) is 13.7. The molecule has 0 N–H and O–H groups in total. The Morgan fingerprint density at radius 1 is 1.40 bits per heavy atom. The van der Waals surface area contributed by atoms with Gasteiger partial charge in [0, 0.05) is 13.1 Å². The van der Waals surface area contributed by atoms with Crippen LogP contribution in [-0.4, -0.2) is 55.2 Å². The van der Waals surface area contributed by atoms with Crippen LogP contribution in [0.2, 0.25) is 0 Å². The van der Waals surface area contributed by atoms with E-state index in [1.165, 1.54) is 0 Å². The number of alkyl halides is 1. The van der Waals surface area contributed by atoms with Gasteiger partial charge in [-0.2, -0.15) is 0 Å². The lowest BCUT2D eigenvalue weighted by Crippen LogP contribution is -2.44. The molecule has 2 rings (SSSR count). The smallest absolute Gasteiger partial charge is 0.254 e. The first-order chi connectivity index (χ1) is 7.18. The molecule has 4 nitrogen and oxygen atoms in total. The first-order valence-corrected chi connectivity index (χ1v) is 5.74. The average Bonchev–Trinajstić information content (AvgIpc) is 2.59. The van der Waals surface area contributed by atoms with E-state index < -0.39 is 6.10 Å². The normalized spacial score (nSPS) is 36.9. The lowest BCUT2D eigenvalue weighted by Gasteiger charge is -2.26. The largest absolute Gasteiger partial charge is 0.376 e. The molecule has 2 saturated heterocycles. The standard InChI is InChI=1S/C10H16ClNO3/c1-7-4-12(5-8(7)11)10(13)9-6-14-2-3-15-9/h7-9H,2-6H2,1H3. The van der Waals surface area contributed by atoms with Crippen LogP contribution in [0.1, 0.15) is 6.92 Å². The zero-order valence-electron chi connectivity index (χ0n) is 8.82. The fourth-order valence-corrected chi connectivity index (χ4v) is 2.19. The van der Waals surface area contributed by atoms with Gasteiger partial charge in [0.25, 0.3) is 5.91 Å². The maximum atomic E-state index is 12.0. The number of hydrogen-bond donors (Lipinski definition) is 0. The van der Waals surface area contributed by atoms with Crippen molar-refractivity contribution in [2.24, 2.45) is 5.92 Å². The van der Waals surface area contributed by atoms with Gasteiger partial charge in [-0.05, 0) is 5.92 Å². The van der Waals surface area contributed by atoms with Gasteiger partial charge in [-0.15, -0.1) is 11.6 Å². The summed E-state index contributed by atoms with van der Waals surface area (Å²) in [5.74, 6) is 0.379. The number of carbonyl (C=O) groups excluding carboxylic acids is 1. The Kier molecular flexibility index (Phi) is 3.49. The molecule has 0 bridgehead atoms. The summed E-state index contributed by atoms with van der Waals surface area (Å²) in [5.41, 5.74) is 0. The Hall–Kier alpha value is -0.320. The average molecular weight is 234 g/mol. The molecule has 1 amide bonds. The molecule has 0 aromatic heterocycles. The van der Waals surface area contributed by atoms with Crippen molar-refractivity contribution in [2.45, 2.75) is 18.4 Å². The van der Waals surface area contributed by atoms with Crippen molar-refractivity contribution in [3.8, 4) is 0 Å². The Morgan fingerprint density at radius 2 is 2.20 bits per heavy atom. The second kappa shape index (κ2) is 4.68. The number of amides is 1. The number of halogens is 1. The topological polar surface area (TPSA) is 38.8 Å². The Labute approximate surface area is 94.5 Å². The number of rotatable bonds is 1. The minimum atomic E-state index is -0.423. The van der Waals surface area contributed by atoms with Crippen molar-refractivity contribution in [1.29, 1.82) is 0 Å². The Bertz CT molecular complexity index is 233. The molecule has 3 atom stereocenters. The van der Waals surface area contributed by atoms with Gasteiger partial charge in [0.1, 0.15) is 0 Å². The van der Waals surface area contributed by atoms with Crippen LogP contribution in [0.15, 0.2) is 0 Å². The predicted molar refractivity (Wildman–Crippen MR) is 55.9 cm³/mol. The van der Waals surface area contributed by atoms with Gasteiger partial charge in [0.2, 0.25) is 0 Å². The third kappa shape index (κ3) is 2.44. The van der Waals surface area contributed by atoms with E-state index in [2.05, 4.69) is 6.92 Å². The van der Waals surface area contributed by atoms with Crippen LogP contribution in [0, 0.1) is 5.92 Å². The van der Waals surface area contributed by atoms with Crippen molar-refractivity contribution in [1.82, 2.24) is 4.90 Å². The summed E-state index contributed by atoms with van der Waals surface area (Å²) in [6.07, 6.45) is -0.423. The van der Waals surface area contributed by atoms with Gasteiger partial charge in [-0.3, -0.25) is 4.79 Å². The molecule has 3 unspecified atom stereocenters. The highest BCUT2D eigenvalue weighted by Gasteiger charge is 2.35. The van der Waals surface area contributed by atoms with Gasteiger partial charge >= 0.3 is 0 Å². The van der Waals surface area contributed by atoms with E-state index in [0.29, 0.717) is 32.3 Å². The first-order valence-electron chi connectivity index (χ1n) is 5.30. The van der Waals surface area contributed by atoms with Crippen molar-refractivity contribution < 1.29 is 14.3 Å². The van der Waals surface area contributed by atoms with Crippen LogP contribution in [0.4, 0.5) is 0 Å². The third-order valence-corrected chi connectivity index (χ3v) is 3.49. The molecule has 86 valence electrons. The highest BCUT2D eigenvalue weighted by molar-refractivity contribution is 6.21. The number of ether oxygens (including phenoxy) is 2. The zero-order valence-corrected chi connectivity index (χ0v) is 9.57. The lowest BCUT2D eigenvalue weighted by molar-refractivity contribution is -0.157. The van der Waals surface area contributed by atoms with Crippen LogP contribution < -0.4 is 0 Å². The van der Waals surface area contributed by atoms with E-state index in [4.69, 9.17) is 21.1 Å². The summed E-state index contributed by atoms with van der Waals surface area (Å²) < 4.78 is 10.6. The molecular formula is C10H16ClNO3. The first kappa shape index (κ1) is 11.2. The van der Waals surface area contributed by atoms with Crippen LogP contribution in [-0.2, 0) is 14.3 Å². The monoisotopic (exact) mass is 233 g/mol. The number of likely N-dealkylation sites (tertiary alicyclic amines) is 1. The highest BCUT2D eigenvalue weighted by Crippen LogP contribution is 2.22. The lowest BCUT2D eigenvalue weighted by atomic mass is 10.1. The van der Waals surface area contributed by atoms with Gasteiger partial charge in [0.05, 0.1) is 25.2 Å². The molecule has 0 aromatic carbocycles. The molecular weight excluding hydrogens is 218 g/mol. The van der Waals surface area contributed by atoms with E-state index in [0.717, 1.165) is 6.54 Å². The number of nitrogens with zero attached hydrogens (tertiary/aromatic N) is 1. The molecule has 0 radical (unpaired) electrons.